The normalized spacial score (nSPS) is 14.1. The molecule has 0 spiro atoms. The molecule has 0 heterocycles. The van der Waals surface area contributed by atoms with E-state index >= 15 is 0 Å². The van der Waals surface area contributed by atoms with Gasteiger partial charge < -0.3 is 5.11 Å². The summed E-state index contributed by atoms with van der Waals surface area (Å²) in [5.41, 5.74) is 0. The smallest absolute Gasteiger partial charge is 0.0625 e. The van der Waals surface area contributed by atoms with E-state index in [-0.39, 0.29) is 11.9 Å². The van der Waals surface area contributed by atoms with Gasteiger partial charge in [0.05, 0.1) is 22.7 Å². The van der Waals surface area contributed by atoms with Crippen LogP contribution < -0.4 is 0 Å². The van der Waals surface area contributed by atoms with Crippen molar-refractivity contribution in [1.29, 1.82) is 0 Å². The first-order chi connectivity index (χ1) is 9.79. The maximum absolute atomic E-state index is 12.3. The largest absolute Gasteiger partial charge is 0.395 e. The van der Waals surface area contributed by atoms with Crippen molar-refractivity contribution in [3.8, 4) is 0 Å². The zero-order chi connectivity index (χ0) is 14.6. The van der Waals surface area contributed by atoms with Crippen LogP contribution in [0.25, 0.3) is 0 Å². The number of hydrogen-bond acceptors (Lipinski definition) is 2. The Balaban J connectivity index is 2.24. The standard InChI is InChI=1S/C17H28O2S/c1-2-3-4-5-6-7-9-14-17(15-18)20(19)16-12-10-8-11-13-16/h8,10-13,17-18H,2-7,9,14-15H2,1H3/t17-,20?/m0/s1. The zero-order valence-corrected chi connectivity index (χ0v) is 13.4. The summed E-state index contributed by atoms with van der Waals surface area (Å²) < 4.78 is 12.3. The molecule has 0 radical (unpaired) electrons. The third kappa shape index (κ3) is 6.67. The minimum absolute atomic E-state index is 0.0113. The van der Waals surface area contributed by atoms with Crippen LogP contribution in [0.15, 0.2) is 35.2 Å². The first-order valence-corrected chi connectivity index (χ1v) is 9.07. The van der Waals surface area contributed by atoms with E-state index in [9.17, 15) is 9.32 Å². The van der Waals surface area contributed by atoms with Crippen molar-refractivity contribution in [3.63, 3.8) is 0 Å². The average molecular weight is 296 g/mol. The molecule has 1 aromatic rings. The molecule has 2 nitrogen and oxygen atoms in total. The number of aliphatic hydroxyl groups is 1. The van der Waals surface area contributed by atoms with Crippen molar-refractivity contribution >= 4 is 10.8 Å². The fraction of sp³-hybridized carbons (Fsp3) is 0.647. The van der Waals surface area contributed by atoms with Gasteiger partial charge in [-0.1, -0.05) is 70.1 Å². The van der Waals surface area contributed by atoms with Crippen molar-refractivity contribution < 1.29 is 9.32 Å². The van der Waals surface area contributed by atoms with Gasteiger partial charge >= 0.3 is 0 Å². The lowest BCUT2D eigenvalue weighted by Gasteiger charge is -2.13. The van der Waals surface area contributed by atoms with Crippen molar-refractivity contribution in [1.82, 2.24) is 0 Å². The van der Waals surface area contributed by atoms with Gasteiger partial charge in [-0.25, -0.2) is 0 Å². The number of hydrogen-bond donors (Lipinski definition) is 1. The zero-order valence-electron chi connectivity index (χ0n) is 12.6. The predicted octanol–water partition coefficient (Wildman–Crippen LogP) is 4.30. The van der Waals surface area contributed by atoms with Crippen LogP contribution in [0, 0.1) is 0 Å². The Morgan fingerprint density at radius 2 is 1.60 bits per heavy atom. The Labute approximate surface area is 126 Å². The number of benzene rings is 1. The molecule has 0 aliphatic carbocycles. The Morgan fingerprint density at radius 3 is 2.20 bits per heavy atom. The Bertz CT molecular complexity index is 365. The molecular weight excluding hydrogens is 268 g/mol. The summed E-state index contributed by atoms with van der Waals surface area (Å²) in [4.78, 5) is 0.828. The molecule has 1 rings (SSSR count). The molecule has 0 bridgehead atoms. The highest BCUT2D eigenvalue weighted by molar-refractivity contribution is 7.85. The molecule has 0 saturated carbocycles. The van der Waals surface area contributed by atoms with Crippen molar-refractivity contribution in [2.75, 3.05) is 6.61 Å². The highest BCUT2D eigenvalue weighted by Crippen LogP contribution is 2.17. The van der Waals surface area contributed by atoms with Crippen molar-refractivity contribution in [2.45, 2.75) is 68.4 Å². The lowest BCUT2D eigenvalue weighted by Crippen LogP contribution is -2.19. The van der Waals surface area contributed by atoms with Crippen LogP contribution in [-0.2, 0) is 10.8 Å². The molecule has 2 atom stereocenters. The third-order valence-electron chi connectivity index (χ3n) is 3.61. The SMILES string of the molecule is CCCCCCCCC[C@@H](CO)S(=O)c1ccccc1. The van der Waals surface area contributed by atoms with E-state index in [1.54, 1.807) is 0 Å². The van der Waals surface area contributed by atoms with E-state index in [1.807, 2.05) is 30.3 Å². The quantitative estimate of drug-likeness (QED) is 0.618. The molecule has 0 aliphatic rings. The molecule has 0 aromatic heterocycles. The highest BCUT2D eigenvalue weighted by atomic mass is 32.2. The molecule has 0 aliphatic heterocycles. The van der Waals surface area contributed by atoms with Gasteiger partial charge in [0.1, 0.15) is 0 Å². The van der Waals surface area contributed by atoms with Crippen LogP contribution in [-0.4, -0.2) is 21.2 Å². The molecule has 1 aromatic carbocycles. The van der Waals surface area contributed by atoms with E-state index in [4.69, 9.17) is 0 Å². The van der Waals surface area contributed by atoms with Gasteiger partial charge in [0, 0.05) is 4.90 Å². The molecular formula is C17H28O2S. The predicted molar refractivity (Wildman–Crippen MR) is 86.3 cm³/mol. The lowest BCUT2D eigenvalue weighted by molar-refractivity contribution is 0.286. The summed E-state index contributed by atoms with van der Waals surface area (Å²) in [7, 11) is -1.08. The van der Waals surface area contributed by atoms with Gasteiger partial charge in [-0.05, 0) is 18.6 Å². The average Bonchev–Trinajstić information content (AvgIpc) is 2.50. The monoisotopic (exact) mass is 296 g/mol. The topological polar surface area (TPSA) is 37.3 Å². The van der Waals surface area contributed by atoms with Crippen LogP contribution in [0.3, 0.4) is 0 Å². The van der Waals surface area contributed by atoms with Crippen LogP contribution in [0.2, 0.25) is 0 Å². The van der Waals surface area contributed by atoms with E-state index in [0.29, 0.717) is 0 Å². The molecule has 114 valence electrons. The van der Waals surface area contributed by atoms with Crippen LogP contribution in [0.1, 0.15) is 58.3 Å². The number of rotatable bonds is 11. The first kappa shape index (κ1) is 17.4. The molecule has 3 heteroatoms. The van der Waals surface area contributed by atoms with Crippen LogP contribution >= 0.6 is 0 Å². The molecule has 0 amide bonds. The second kappa shape index (κ2) is 11.0. The maximum atomic E-state index is 12.3. The lowest BCUT2D eigenvalue weighted by atomic mass is 10.1. The van der Waals surface area contributed by atoms with E-state index in [0.717, 1.165) is 17.7 Å². The van der Waals surface area contributed by atoms with Gasteiger partial charge in [0.15, 0.2) is 0 Å². The number of aliphatic hydroxyl groups excluding tert-OH is 1. The van der Waals surface area contributed by atoms with Crippen LogP contribution in [0.4, 0.5) is 0 Å². The molecule has 1 unspecified atom stereocenters. The van der Waals surface area contributed by atoms with Crippen molar-refractivity contribution in [3.05, 3.63) is 30.3 Å². The van der Waals surface area contributed by atoms with Gasteiger partial charge in [0.2, 0.25) is 0 Å². The maximum Gasteiger partial charge on any atom is 0.0625 e. The van der Waals surface area contributed by atoms with Gasteiger partial charge in [-0.3, -0.25) is 4.21 Å². The first-order valence-electron chi connectivity index (χ1n) is 7.86. The fourth-order valence-electron chi connectivity index (χ4n) is 2.34. The summed E-state index contributed by atoms with van der Waals surface area (Å²) in [6, 6.07) is 9.47. The van der Waals surface area contributed by atoms with Gasteiger partial charge in [-0.2, -0.15) is 0 Å². The second-order valence-corrected chi connectivity index (χ2v) is 7.06. The Hall–Kier alpha value is -0.670. The van der Waals surface area contributed by atoms with E-state index < -0.39 is 10.8 Å². The summed E-state index contributed by atoms with van der Waals surface area (Å²) >= 11 is 0. The van der Waals surface area contributed by atoms with Gasteiger partial charge in [0.25, 0.3) is 0 Å². The van der Waals surface area contributed by atoms with E-state index in [2.05, 4.69) is 6.92 Å². The Morgan fingerprint density at radius 1 is 1.00 bits per heavy atom. The summed E-state index contributed by atoms with van der Waals surface area (Å²) in [6.45, 7) is 2.24. The summed E-state index contributed by atoms with van der Waals surface area (Å²) in [6.07, 6.45) is 9.61. The van der Waals surface area contributed by atoms with E-state index in [1.165, 1.54) is 38.5 Å². The minimum atomic E-state index is -1.08. The molecule has 0 saturated heterocycles. The fourth-order valence-corrected chi connectivity index (χ4v) is 3.67. The van der Waals surface area contributed by atoms with Gasteiger partial charge in [-0.15, -0.1) is 0 Å². The summed E-state index contributed by atoms with van der Waals surface area (Å²) in [5, 5.41) is 9.32. The summed E-state index contributed by atoms with van der Waals surface area (Å²) in [5.74, 6) is 0. The second-order valence-electron chi connectivity index (χ2n) is 5.33. The number of unbranched alkanes of at least 4 members (excludes halogenated alkanes) is 6. The molecule has 0 fully saturated rings. The third-order valence-corrected chi connectivity index (χ3v) is 5.34. The minimum Gasteiger partial charge on any atom is -0.395 e. The highest BCUT2D eigenvalue weighted by Gasteiger charge is 2.16. The van der Waals surface area contributed by atoms with Crippen molar-refractivity contribution in [2.24, 2.45) is 0 Å². The molecule has 1 N–H and O–H groups in total. The Kier molecular flexibility index (Phi) is 9.60. The van der Waals surface area contributed by atoms with Crippen LogP contribution in [0.5, 0.6) is 0 Å². The molecule has 20 heavy (non-hydrogen) atoms.